The number of furan rings is 1. The number of nitro groups is 1. The van der Waals surface area contributed by atoms with Gasteiger partial charge in [0.15, 0.2) is 4.67 Å². The molecule has 1 aliphatic rings. The first-order valence-electron chi connectivity index (χ1n) is 6.78. The summed E-state index contributed by atoms with van der Waals surface area (Å²) in [7, 11) is 0. The Morgan fingerprint density at radius 1 is 1.20 bits per heavy atom. The van der Waals surface area contributed by atoms with Gasteiger partial charge in [-0.25, -0.2) is 9.69 Å². The van der Waals surface area contributed by atoms with Crippen LogP contribution in [0, 0.1) is 10.1 Å². The summed E-state index contributed by atoms with van der Waals surface area (Å²) in [6, 6.07) is 7.06. The number of carbonyl (C=O) groups is 3. The molecule has 1 fully saturated rings. The van der Waals surface area contributed by atoms with Gasteiger partial charge in [0.2, 0.25) is 0 Å². The van der Waals surface area contributed by atoms with Crippen LogP contribution in [0.1, 0.15) is 5.76 Å². The number of non-ortho nitro benzene ring substituents is 1. The molecule has 25 heavy (non-hydrogen) atoms. The lowest BCUT2D eigenvalue weighted by Gasteiger charge is -2.26. The highest BCUT2D eigenvalue weighted by atomic mass is 79.9. The molecule has 9 nitrogen and oxygen atoms in total. The molecular formula is C15H8BrN3O6. The first-order valence-corrected chi connectivity index (χ1v) is 7.57. The van der Waals surface area contributed by atoms with Gasteiger partial charge in [0, 0.05) is 12.1 Å². The predicted octanol–water partition coefficient (Wildman–Crippen LogP) is 2.62. The fraction of sp³-hybridized carbons (Fsp3) is 0. The van der Waals surface area contributed by atoms with Crippen molar-refractivity contribution in [2.75, 3.05) is 4.90 Å². The lowest BCUT2D eigenvalue weighted by atomic mass is 10.1. The molecule has 1 aromatic carbocycles. The van der Waals surface area contributed by atoms with Crippen molar-refractivity contribution < 1.29 is 23.7 Å². The maximum absolute atomic E-state index is 12.6. The lowest BCUT2D eigenvalue weighted by molar-refractivity contribution is -0.384. The summed E-state index contributed by atoms with van der Waals surface area (Å²) in [6.07, 6.45) is 1.18. The number of benzene rings is 1. The highest BCUT2D eigenvalue weighted by molar-refractivity contribution is 9.10. The van der Waals surface area contributed by atoms with E-state index in [0.29, 0.717) is 9.57 Å². The van der Waals surface area contributed by atoms with Crippen molar-refractivity contribution in [3.63, 3.8) is 0 Å². The van der Waals surface area contributed by atoms with Gasteiger partial charge in [0.05, 0.1) is 10.6 Å². The van der Waals surface area contributed by atoms with Crippen LogP contribution in [-0.2, 0) is 9.59 Å². The fourth-order valence-corrected chi connectivity index (χ4v) is 2.50. The molecule has 0 atom stereocenters. The van der Waals surface area contributed by atoms with Crippen LogP contribution in [0.2, 0.25) is 0 Å². The summed E-state index contributed by atoms with van der Waals surface area (Å²) < 4.78 is 5.61. The molecule has 1 saturated heterocycles. The van der Waals surface area contributed by atoms with Crippen molar-refractivity contribution in [3.05, 3.63) is 62.5 Å². The third-order valence-electron chi connectivity index (χ3n) is 3.28. The summed E-state index contributed by atoms with van der Waals surface area (Å²) in [6.45, 7) is 0. The van der Waals surface area contributed by atoms with E-state index >= 15 is 0 Å². The zero-order chi connectivity index (χ0) is 18.1. The average Bonchev–Trinajstić information content (AvgIpc) is 2.97. The minimum absolute atomic E-state index is 0.0317. The maximum Gasteiger partial charge on any atom is 0.335 e. The quantitative estimate of drug-likeness (QED) is 0.362. The molecule has 0 saturated carbocycles. The predicted molar refractivity (Wildman–Crippen MR) is 88.5 cm³/mol. The Bertz CT molecular complexity index is 948. The van der Waals surface area contributed by atoms with E-state index in [4.69, 9.17) is 4.42 Å². The van der Waals surface area contributed by atoms with Crippen molar-refractivity contribution in [1.29, 1.82) is 0 Å². The molecule has 0 aliphatic carbocycles. The average molecular weight is 406 g/mol. The van der Waals surface area contributed by atoms with Gasteiger partial charge in [-0.1, -0.05) is 6.07 Å². The van der Waals surface area contributed by atoms with Gasteiger partial charge in [0.25, 0.3) is 17.5 Å². The number of hydrogen-bond acceptors (Lipinski definition) is 6. The number of nitrogens with zero attached hydrogens (tertiary/aromatic N) is 2. The largest absolute Gasteiger partial charge is 0.450 e. The van der Waals surface area contributed by atoms with Crippen LogP contribution in [0.15, 0.2) is 51.1 Å². The molecule has 2 aromatic rings. The molecule has 0 spiro atoms. The summed E-state index contributed by atoms with van der Waals surface area (Å²) >= 11 is 3.10. The Morgan fingerprint density at radius 2 is 1.96 bits per heavy atom. The minimum Gasteiger partial charge on any atom is -0.450 e. The highest BCUT2D eigenvalue weighted by Gasteiger charge is 2.37. The second-order valence-corrected chi connectivity index (χ2v) is 5.66. The van der Waals surface area contributed by atoms with E-state index in [1.807, 2.05) is 5.32 Å². The first kappa shape index (κ1) is 16.6. The zero-order valence-corrected chi connectivity index (χ0v) is 13.8. The van der Waals surface area contributed by atoms with E-state index in [1.54, 1.807) is 6.07 Å². The number of barbiturate groups is 1. The number of urea groups is 1. The standard InChI is InChI=1S/C15H8BrN3O6/c16-12-5-4-10(25-12)7-11-13(20)17-15(22)18(14(11)21)8-2-1-3-9(6-8)19(23)24/h1-7H,(H,17,20,22)/b11-7+. The van der Waals surface area contributed by atoms with Gasteiger partial charge in [-0.2, -0.15) is 0 Å². The van der Waals surface area contributed by atoms with Gasteiger partial charge in [-0.15, -0.1) is 0 Å². The third-order valence-corrected chi connectivity index (χ3v) is 3.71. The van der Waals surface area contributed by atoms with Gasteiger partial charge >= 0.3 is 6.03 Å². The van der Waals surface area contributed by atoms with E-state index in [0.717, 1.165) is 6.07 Å². The van der Waals surface area contributed by atoms with Crippen molar-refractivity contribution >= 4 is 51.2 Å². The molecule has 1 aromatic heterocycles. The van der Waals surface area contributed by atoms with Crippen LogP contribution in [0.4, 0.5) is 16.2 Å². The molecule has 10 heteroatoms. The zero-order valence-electron chi connectivity index (χ0n) is 12.3. The number of imide groups is 2. The van der Waals surface area contributed by atoms with Crippen LogP contribution in [-0.4, -0.2) is 22.8 Å². The van der Waals surface area contributed by atoms with Gasteiger partial charge in [-0.3, -0.25) is 25.0 Å². The van der Waals surface area contributed by atoms with Crippen LogP contribution in [0.3, 0.4) is 0 Å². The second kappa shape index (κ2) is 6.32. The van der Waals surface area contributed by atoms with E-state index in [2.05, 4.69) is 15.9 Å². The molecule has 0 unspecified atom stereocenters. The normalized spacial score (nSPS) is 16.3. The first-order chi connectivity index (χ1) is 11.9. The van der Waals surface area contributed by atoms with Crippen LogP contribution < -0.4 is 10.2 Å². The molecule has 1 N–H and O–H groups in total. The van der Waals surface area contributed by atoms with E-state index in [9.17, 15) is 24.5 Å². The minimum atomic E-state index is -0.992. The number of halogens is 1. The number of amides is 4. The molecule has 0 bridgehead atoms. The van der Waals surface area contributed by atoms with Crippen molar-refractivity contribution in [2.24, 2.45) is 0 Å². The monoisotopic (exact) mass is 405 g/mol. The Kier molecular flexibility index (Phi) is 4.19. The molecule has 4 amide bonds. The Balaban J connectivity index is 2.02. The molecule has 0 radical (unpaired) electrons. The van der Waals surface area contributed by atoms with Crippen molar-refractivity contribution in [2.45, 2.75) is 0 Å². The van der Waals surface area contributed by atoms with Gasteiger partial charge < -0.3 is 4.42 Å². The third kappa shape index (κ3) is 3.19. The summed E-state index contributed by atoms with van der Waals surface area (Å²) in [5.74, 6) is -1.58. The summed E-state index contributed by atoms with van der Waals surface area (Å²) in [4.78, 5) is 47.5. The topological polar surface area (TPSA) is 123 Å². The Labute approximate surface area is 148 Å². The Morgan fingerprint density at radius 3 is 2.60 bits per heavy atom. The number of carbonyl (C=O) groups excluding carboxylic acids is 3. The molecule has 126 valence electrons. The SMILES string of the molecule is O=C1NC(=O)N(c2cccc([N+](=O)[O-])c2)C(=O)/C1=C/c1ccc(Br)o1. The number of nitro benzene ring substituents is 1. The number of hydrogen-bond donors (Lipinski definition) is 1. The lowest BCUT2D eigenvalue weighted by Crippen LogP contribution is -2.54. The van der Waals surface area contributed by atoms with E-state index in [-0.39, 0.29) is 22.7 Å². The van der Waals surface area contributed by atoms with E-state index < -0.39 is 22.8 Å². The molecular weight excluding hydrogens is 398 g/mol. The summed E-state index contributed by atoms with van der Waals surface area (Å²) in [5.41, 5.74) is -0.667. The molecule has 1 aliphatic heterocycles. The number of rotatable bonds is 3. The van der Waals surface area contributed by atoms with Gasteiger partial charge in [-0.05, 0) is 40.2 Å². The van der Waals surface area contributed by atoms with Crippen LogP contribution in [0.5, 0.6) is 0 Å². The summed E-state index contributed by atoms with van der Waals surface area (Å²) in [5, 5.41) is 12.9. The van der Waals surface area contributed by atoms with Crippen molar-refractivity contribution in [1.82, 2.24) is 5.32 Å². The van der Waals surface area contributed by atoms with E-state index in [1.165, 1.54) is 30.3 Å². The smallest absolute Gasteiger partial charge is 0.335 e. The van der Waals surface area contributed by atoms with Crippen molar-refractivity contribution in [3.8, 4) is 0 Å². The highest BCUT2D eigenvalue weighted by Crippen LogP contribution is 2.26. The number of anilines is 1. The maximum atomic E-state index is 12.6. The molecule has 3 rings (SSSR count). The Hall–Kier alpha value is -3.27. The van der Waals surface area contributed by atoms with Gasteiger partial charge in [0.1, 0.15) is 11.3 Å². The second-order valence-electron chi connectivity index (χ2n) is 4.88. The number of nitrogens with one attached hydrogen (secondary N) is 1. The van der Waals surface area contributed by atoms with Crippen LogP contribution in [0.25, 0.3) is 6.08 Å². The molecule has 2 heterocycles. The fourth-order valence-electron chi connectivity index (χ4n) is 2.19. The van der Waals surface area contributed by atoms with Crippen LogP contribution >= 0.6 is 15.9 Å².